The molecular weight excluding hydrogens is 693 g/mol. The number of aromatic nitrogens is 3. The van der Waals surface area contributed by atoms with Crippen LogP contribution in [0.4, 0.5) is 5.69 Å². The second-order valence-electron chi connectivity index (χ2n) is 14.6. The average Bonchev–Trinajstić information content (AvgIpc) is 3.46. The van der Waals surface area contributed by atoms with Crippen molar-refractivity contribution in [2.24, 2.45) is 0 Å². The minimum Gasteiger partial charge on any atom is -0.363 e. The van der Waals surface area contributed by atoms with Crippen molar-refractivity contribution in [3.05, 3.63) is 218 Å². The Kier molecular flexibility index (Phi) is 8.98. The number of nitrogens with zero attached hydrogens (tertiary/aromatic N) is 4. The number of fused-ring (bicyclic) bond motifs is 3. The fourth-order valence-electron chi connectivity index (χ4n) is 8.01. The molecule has 4 heteroatoms. The van der Waals surface area contributed by atoms with Crippen LogP contribution in [0.5, 0.6) is 0 Å². The molecule has 0 radical (unpaired) electrons. The maximum Gasteiger partial charge on any atom is 0.0715 e. The Morgan fingerprint density at radius 1 is 0.333 bits per heavy atom. The van der Waals surface area contributed by atoms with Crippen molar-refractivity contribution in [2.75, 3.05) is 4.90 Å². The molecule has 4 heterocycles. The molecule has 1 aliphatic rings. The van der Waals surface area contributed by atoms with E-state index in [4.69, 9.17) is 4.98 Å². The zero-order valence-corrected chi connectivity index (χ0v) is 31.3. The molecule has 0 bridgehead atoms. The lowest BCUT2D eigenvalue weighted by molar-refractivity contribution is 0.812. The molecule has 0 saturated heterocycles. The van der Waals surface area contributed by atoms with Crippen molar-refractivity contribution < 1.29 is 0 Å². The van der Waals surface area contributed by atoms with E-state index in [0.717, 1.165) is 69.0 Å². The fraction of sp³-hybridized carbons (Fsp3) is 0.0377. The molecule has 0 aliphatic carbocycles. The summed E-state index contributed by atoms with van der Waals surface area (Å²) >= 11 is 0. The molecule has 270 valence electrons. The van der Waals surface area contributed by atoms with Crippen LogP contribution < -0.4 is 4.90 Å². The van der Waals surface area contributed by atoms with Crippen molar-refractivity contribution in [2.45, 2.75) is 13.1 Å². The Labute approximate surface area is 333 Å². The van der Waals surface area contributed by atoms with Gasteiger partial charge in [-0.1, -0.05) is 115 Å². The first kappa shape index (κ1) is 34.1. The van der Waals surface area contributed by atoms with E-state index in [0.29, 0.717) is 0 Å². The normalized spacial score (nSPS) is 12.0. The molecule has 0 spiro atoms. The minimum absolute atomic E-state index is 0.778. The Morgan fingerprint density at radius 3 is 1.40 bits per heavy atom. The zero-order chi connectivity index (χ0) is 38.0. The smallest absolute Gasteiger partial charge is 0.0715 e. The SMILES string of the molecule is c1ccc(-c2cc(-c3ccc4c(c3)-c3ccc(-c5cc(-c6cccnc6)cc(-c6cccnc6)c5)cc3CN(c3ccccc3)C4)cc(-c3ccccc3)n2)cc1. The van der Waals surface area contributed by atoms with Gasteiger partial charge in [0.05, 0.1) is 11.4 Å². The Balaban J connectivity index is 1.13. The maximum atomic E-state index is 5.16. The summed E-state index contributed by atoms with van der Waals surface area (Å²) in [7, 11) is 0. The van der Waals surface area contributed by atoms with Crippen LogP contribution in [0.2, 0.25) is 0 Å². The molecule has 0 saturated carbocycles. The van der Waals surface area contributed by atoms with Crippen molar-refractivity contribution in [1.82, 2.24) is 15.0 Å². The average molecular weight is 731 g/mol. The van der Waals surface area contributed by atoms with Gasteiger partial charge in [-0.2, -0.15) is 0 Å². The zero-order valence-electron chi connectivity index (χ0n) is 31.3. The largest absolute Gasteiger partial charge is 0.363 e. The summed E-state index contributed by atoms with van der Waals surface area (Å²) in [5.41, 5.74) is 19.5. The number of para-hydroxylation sites is 1. The van der Waals surface area contributed by atoms with E-state index < -0.39 is 0 Å². The van der Waals surface area contributed by atoms with Gasteiger partial charge in [-0.15, -0.1) is 0 Å². The first-order valence-electron chi connectivity index (χ1n) is 19.4. The molecule has 3 aromatic heterocycles. The van der Waals surface area contributed by atoms with Gasteiger partial charge in [-0.25, -0.2) is 4.98 Å². The summed E-state index contributed by atoms with van der Waals surface area (Å²) < 4.78 is 0. The molecule has 0 fully saturated rings. The number of rotatable bonds is 7. The van der Waals surface area contributed by atoms with Gasteiger partial charge in [0.15, 0.2) is 0 Å². The first-order chi connectivity index (χ1) is 28.2. The van der Waals surface area contributed by atoms with Crippen LogP contribution in [0.3, 0.4) is 0 Å². The topological polar surface area (TPSA) is 41.9 Å². The van der Waals surface area contributed by atoms with Gasteiger partial charge >= 0.3 is 0 Å². The number of pyridine rings is 3. The summed E-state index contributed by atoms with van der Waals surface area (Å²) in [6.07, 6.45) is 7.51. The summed E-state index contributed by atoms with van der Waals surface area (Å²) in [5.74, 6) is 0. The number of benzene rings is 6. The molecule has 57 heavy (non-hydrogen) atoms. The molecule has 0 amide bonds. The van der Waals surface area contributed by atoms with Gasteiger partial charge in [0.25, 0.3) is 0 Å². The van der Waals surface area contributed by atoms with Crippen LogP contribution in [0.15, 0.2) is 207 Å². The van der Waals surface area contributed by atoms with Crippen LogP contribution in [0.1, 0.15) is 11.1 Å². The van der Waals surface area contributed by atoms with Gasteiger partial charge in [-0.3, -0.25) is 9.97 Å². The van der Waals surface area contributed by atoms with Crippen LogP contribution >= 0.6 is 0 Å². The molecule has 10 rings (SSSR count). The van der Waals surface area contributed by atoms with Crippen molar-refractivity contribution in [3.8, 4) is 78.1 Å². The minimum atomic E-state index is 0.778. The van der Waals surface area contributed by atoms with Crippen molar-refractivity contribution >= 4 is 5.69 Å². The highest BCUT2D eigenvalue weighted by Crippen LogP contribution is 2.41. The molecule has 9 aromatic rings. The maximum absolute atomic E-state index is 5.16. The highest BCUT2D eigenvalue weighted by atomic mass is 15.1. The lowest BCUT2D eigenvalue weighted by Gasteiger charge is -2.24. The predicted molar refractivity (Wildman–Crippen MR) is 234 cm³/mol. The van der Waals surface area contributed by atoms with Gasteiger partial charge < -0.3 is 4.90 Å². The Hall–Kier alpha value is -7.43. The molecular formula is C53H38N4. The monoisotopic (exact) mass is 730 g/mol. The second kappa shape index (κ2) is 15.0. The van der Waals surface area contributed by atoms with Crippen LogP contribution in [-0.4, -0.2) is 15.0 Å². The number of anilines is 1. The van der Waals surface area contributed by atoms with E-state index in [1.165, 1.54) is 39.1 Å². The molecule has 1 aliphatic heterocycles. The van der Waals surface area contributed by atoms with E-state index in [-0.39, 0.29) is 0 Å². The van der Waals surface area contributed by atoms with E-state index in [2.05, 4.69) is 185 Å². The van der Waals surface area contributed by atoms with E-state index in [1.54, 1.807) is 0 Å². The van der Waals surface area contributed by atoms with Gasteiger partial charge in [0.2, 0.25) is 0 Å². The second-order valence-corrected chi connectivity index (χ2v) is 14.6. The number of hydrogen-bond acceptors (Lipinski definition) is 4. The summed E-state index contributed by atoms with van der Waals surface area (Å²) in [5, 5.41) is 0. The first-order valence-corrected chi connectivity index (χ1v) is 19.4. The molecule has 6 aromatic carbocycles. The van der Waals surface area contributed by atoms with E-state index in [1.807, 2.05) is 36.9 Å². The standard InChI is InChI=1S/C53H38N4/c1-4-12-37(13-5-1)52-31-47(32-53(56-52)38-14-6-2-7-15-38)40-20-21-43-35-57(49-18-8-3-9-19-49)36-48-26-39(22-23-50(48)51(43)30-40)44-27-45(41-16-10-24-54-33-41)29-46(28-44)42-17-11-25-55-34-42/h1-34H,35-36H2. The summed E-state index contributed by atoms with van der Waals surface area (Å²) in [4.78, 5) is 16.5. The van der Waals surface area contributed by atoms with Gasteiger partial charge in [0, 0.05) is 65.8 Å². The molecule has 0 unspecified atom stereocenters. The van der Waals surface area contributed by atoms with Crippen LogP contribution in [0, 0.1) is 0 Å². The highest BCUT2D eigenvalue weighted by Gasteiger charge is 2.22. The molecule has 4 nitrogen and oxygen atoms in total. The predicted octanol–water partition coefficient (Wildman–Crippen LogP) is 13.1. The highest BCUT2D eigenvalue weighted by molar-refractivity contribution is 5.86. The van der Waals surface area contributed by atoms with Gasteiger partial charge in [0.1, 0.15) is 0 Å². The fourth-order valence-corrected chi connectivity index (χ4v) is 8.01. The third kappa shape index (κ3) is 7.01. The van der Waals surface area contributed by atoms with Crippen molar-refractivity contribution in [3.63, 3.8) is 0 Å². The van der Waals surface area contributed by atoms with Crippen LogP contribution in [0.25, 0.3) is 78.1 Å². The summed E-state index contributed by atoms with van der Waals surface area (Å²) in [6, 6.07) is 65.3. The summed E-state index contributed by atoms with van der Waals surface area (Å²) in [6.45, 7) is 1.58. The molecule has 0 N–H and O–H groups in total. The number of hydrogen-bond donors (Lipinski definition) is 0. The van der Waals surface area contributed by atoms with Crippen LogP contribution in [-0.2, 0) is 13.1 Å². The van der Waals surface area contributed by atoms with E-state index in [9.17, 15) is 0 Å². The quantitative estimate of drug-likeness (QED) is 0.164. The van der Waals surface area contributed by atoms with Crippen molar-refractivity contribution in [1.29, 1.82) is 0 Å². The molecule has 0 atom stereocenters. The Bertz CT molecular complexity index is 2710. The van der Waals surface area contributed by atoms with E-state index >= 15 is 0 Å². The lowest BCUT2D eigenvalue weighted by Crippen LogP contribution is -2.20. The Morgan fingerprint density at radius 2 is 0.825 bits per heavy atom. The third-order valence-corrected chi connectivity index (χ3v) is 10.9. The van der Waals surface area contributed by atoms with Gasteiger partial charge in [-0.05, 0) is 122 Å². The third-order valence-electron chi connectivity index (χ3n) is 10.9. The lowest BCUT2D eigenvalue weighted by atomic mass is 9.89.